The van der Waals surface area contributed by atoms with Gasteiger partial charge in [0.05, 0.1) is 6.42 Å². The van der Waals surface area contributed by atoms with E-state index in [0.29, 0.717) is 23.7 Å². The monoisotopic (exact) mass is 430 g/mol. The second-order valence-corrected chi connectivity index (χ2v) is 8.23. The van der Waals surface area contributed by atoms with Gasteiger partial charge in [0.1, 0.15) is 5.75 Å². The summed E-state index contributed by atoms with van der Waals surface area (Å²) in [5.41, 5.74) is 1.86. The van der Waals surface area contributed by atoms with E-state index < -0.39 is 12.6 Å². The first kappa shape index (κ1) is 22.1. The number of halogens is 1. The maximum Gasteiger partial charge on any atom is 0.341 e. The van der Waals surface area contributed by atoms with Gasteiger partial charge in [-0.15, -0.1) is 0 Å². The van der Waals surface area contributed by atoms with Gasteiger partial charge in [-0.05, 0) is 37.6 Å². The third kappa shape index (κ3) is 5.74. The molecule has 1 heterocycles. The molecule has 160 valence electrons. The summed E-state index contributed by atoms with van der Waals surface area (Å²) in [6, 6.07) is 15.1. The van der Waals surface area contributed by atoms with Crippen LogP contribution < -0.4 is 4.74 Å². The minimum absolute atomic E-state index is 0.0625. The molecule has 0 aromatic heterocycles. The van der Waals surface area contributed by atoms with Crippen molar-refractivity contribution in [2.45, 2.75) is 38.9 Å². The Morgan fingerprint density at radius 3 is 2.40 bits per heavy atom. The Kier molecular flexibility index (Phi) is 7.34. The molecule has 0 radical (unpaired) electrons. The molecule has 1 unspecified atom stereocenters. The topological polar surface area (TPSA) is 70.1 Å². The number of hydrogen-bond acceptors (Lipinski definition) is 4. The first-order chi connectivity index (χ1) is 14.3. The van der Waals surface area contributed by atoms with Gasteiger partial charge < -0.3 is 14.7 Å². The van der Waals surface area contributed by atoms with Crippen molar-refractivity contribution in [1.82, 2.24) is 9.80 Å². The smallest absolute Gasteiger partial charge is 0.341 e. The van der Waals surface area contributed by atoms with E-state index in [1.807, 2.05) is 35.2 Å². The van der Waals surface area contributed by atoms with Gasteiger partial charge in [0.2, 0.25) is 5.91 Å². The van der Waals surface area contributed by atoms with Crippen molar-refractivity contribution in [2.75, 3.05) is 19.7 Å². The van der Waals surface area contributed by atoms with Crippen molar-refractivity contribution < 1.29 is 19.4 Å². The van der Waals surface area contributed by atoms with Crippen molar-refractivity contribution in [3.8, 4) is 5.75 Å². The maximum atomic E-state index is 12.9. The molecule has 1 saturated heterocycles. The molecule has 30 heavy (non-hydrogen) atoms. The van der Waals surface area contributed by atoms with Gasteiger partial charge in [0, 0.05) is 42.3 Å². The second kappa shape index (κ2) is 9.96. The number of nitrogens with zero attached hydrogens (tertiary/aromatic N) is 2. The fourth-order valence-electron chi connectivity index (χ4n) is 4.11. The molecule has 0 aliphatic carbocycles. The zero-order chi connectivity index (χ0) is 21.7. The lowest BCUT2D eigenvalue weighted by Gasteiger charge is -2.44. The number of benzene rings is 2. The van der Waals surface area contributed by atoms with E-state index in [1.54, 1.807) is 18.2 Å². The highest BCUT2D eigenvalue weighted by Crippen LogP contribution is 2.27. The van der Waals surface area contributed by atoms with Crippen LogP contribution in [0.25, 0.3) is 0 Å². The Balaban J connectivity index is 1.66. The molecule has 2 aromatic rings. The van der Waals surface area contributed by atoms with Crippen molar-refractivity contribution in [1.29, 1.82) is 0 Å². The number of carboxylic acid groups (broad SMARTS) is 1. The van der Waals surface area contributed by atoms with E-state index in [9.17, 15) is 9.59 Å². The summed E-state index contributed by atoms with van der Waals surface area (Å²) in [5.74, 6) is -0.373. The predicted octanol–water partition coefficient (Wildman–Crippen LogP) is 3.47. The molecule has 0 bridgehead atoms. The summed E-state index contributed by atoms with van der Waals surface area (Å²) >= 11 is 6.15. The SMILES string of the molecule is CC1CN(Cc2cc(Cl)ccc2OCC(=O)O)C[C@@H](C)N1C(=O)Cc1ccccc1. The van der Waals surface area contributed by atoms with E-state index in [4.69, 9.17) is 21.4 Å². The summed E-state index contributed by atoms with van der Waals surface area (Å²) in [7, 11) is 0. The lowest BCUT2D eigenvalue weighted by atomic mass is 10.0. The van der Waals surface area contributed by atoms with Crippen molar-refractivity contribution in [3.63, 3.8) is 0 Å². The lowest BCUT2D eigenvalue weighted by molar-refractivity contribution is -0.139. The molecule has 1 N–H and O–H groups in total. The number of rotatable bonds is 7. The van der Waals surface area contributed by atoms with Gasteiger partial charge in [-0.3, -0.25) is 9.69 Å². The number of piperazine rings is 1. The summed E-state index contributed by atoms with van der Waals surface area (Å²) in [4.78, 5) is 28.0. The summed E-state index contributed by atoms with van der Waals surface area (Å²) in [5, 5.41) is 9.47. The molecule has 6 nitrogen and oxygen atoms in total. The second-order valence-electron chi connectivity index (χ2n) is 7.79. The Morgan fingerprint density at radius 1 is 1.10 bits per heavy atom. The number of carbonyl (C=O) groups excluding carboxylic acids is 1. The number of amides is 1. The highest BCUT2D eigenvalue weighted by Gasteiger charge is 2.33. The maximum absolute atomic E-state index is 12.9. The molecule has 0 saturated carbocycles. The van der Waals surface area contributed by atoms with Gasteiger partial charge in [0.25, 0.3) is 0 Å². The molecular weight excluding hydrogens is 404 g/mol. The Labute approximate surface area is 182 Å². The van der Waals surface area contributed by atoms with Crippen LogP contribution in [-0.2, 0) is 22.6 Å². The Bertz CT molecular complexity index is 878. The number of carbonyl (C=O) groups is 2. The van der Waals surface area contributed by atoms with Crippen LogP contribution in [0.15, 0.2) is 48.5 Å². The highest BCUT2D eigenvalue weighted by atomic mass is 35.5. The van der Waals surface area contributed by atoms with Gasteiger partial charge in [-0.1, -0.05) is 41.9 Å². The molecule has 0 spiro atoms. The van der Waals surface area contributed by atoms with Crippen LogP contribution in [0, 0.1) is 0 Å². The first-order valence-electron chi connectivity index (χ1n) is 10.0. The number of carboxylic acids is 1. The van der Waals surface area contributed by atoms with Gasteiger partial charge >= 0.3 is 5.97 Å². The molecule has 7 heteroatoms. The zero-order valence-corrected chi connectivity index (χ0v) is 18.0. The zero-order valence-electron chi connectivity index (χ0n) is 17.3. The Morgan fingerprint density at radius 2 is 1.77 bits per heavy atom. The van der Waals surface area contributed by atoms with Crippen molar-refractivity contribution in [2.24, 2.45) is 0 Å². The van der Waals surface area contributed by atoms with E-state index in [-0.39, 0.29) is 18.0 Å². The van der Waals surface area contributed by atoms with Gasteiger partial charge in [-0.2, -0.15) is 0 Å². The number of ether oxygens (including phenoxy) is 1. The molecule has 1 aliphatic heterocycles. The number of hydrogen-bond donors (Lipinski definition) is 1. The van der Waals surface area contributed by atoms with Crippen LogP contribution in [-0.4, -0.2) is 58.6 Å². The minimum atomic E-state index is -1.02. The number of aliphatic carboxylic acids is 1. The Hall–Kier alpha value is -2.57. The van der Waals surface area contributed by atoms with E-state index in [0.717, 1.165) is 24.2 Å². The van der Waals surface area contributed by atoms with Gasteiger partial charge in [0.15, 0.2) is 6.61 Å². The van der Waals surface area contributed by atoms with E-state index >= 15 is 0 Å². The van der Waals surface area contributed by atoms with Crippen LogP contribution in [0.2, 0.25) is 5.02 Å². The fraction of sp³-hybridized carbons (Fsp3) is 0.391. The van der Waals surface area contributed by atoms with Crippen LogP contribution in [0.4, 0.5) is 0 Å². The third-order valence-electron chi connectivity index (χ3n) is 5.25. The highest BCUT2D eigenvalue weighted by molar-refractivity contribution is 6.30. The van der Waals surface area contributed by atoms with Crippen molar-refractivity contribution >= 4 is 23.5 Å². The van der Waals surface area contributed by atoms with Gasteiger partial charge in [-0.25, -0.2) is 4.79 Å². The molecule has 2 atom stereocenters. The molecule has 1 aliphatic rings. The minimum Gasteiger partial charge on any atom is -0.482 e. The molecule has 1 fully saturated rings. The van der Waals surface area contributed by atoms with Crippen LogP contribution >= 0.6 is 11.6 Å². The largest absolute Gasteiger partial charge is 0.482 e. The molecule has 3 rings (SSSR count). The lowest BCUT2D eigenvalue weighted by Crippen LogP contribution is -2.58. The van der Waals surface area contributed by atoms with E-state index in [1.165, 1.54) is 0 Å². The van der Waals surface area contributed by atoms with Crippen LogP contribution in [0.5, 0.6) is 5.75 Å². The fourth-order valence-corrected chi connectivity index (χ4v) is 4.30. The molecular formula is C23H27ClN2O4. The third-order valence-corrected chi connectivity index (χ3v) is 5.48. The average molecular weight is 431 g/mol. The van der Waals surface area contributed by atoms with Crippen molar-refractivity contribution in [3.05, 3.63) is 64.7 Å². The average Bonchev–Trinajstić information content (AvgIpc) is 2.67. The van der Waals surface area contributed by atoms with Crippen LogP contribution in [0.3, 0.4) is 0 Å². The molecule has 2 aromatic carbocycles. The first-order valence-corrected chi connectivity index (χ1v) is 10.4. The molecule has 1 amide bonds. The van der Waals surface area contributed by atoms with Crippen LogP contribution in [0.1, 0.15) is 25.0 Å². The quantitative estimate of drug-likeness (QED) is 0.728. The summed E-state index contributed by atoms with van der Waals surface area (Å²) in [6.45, 7) is 5.73. The summed E-state index contributed by atoms with van der Waals surface area (Å²) < 4.78 is 5.43. The predicted molar refractivity (Wildman–Crippen MR) is 116 cm³/mol. The standard InChI is InChI=1S/C23H27ClN2O4/c1-16-12-25(14-19-11-20(24)8-9-21(19)30-15-23(28)29)13-17(2)26(16)22(27)10-18-6-4-3-5-7-18/h3-9,11,16-17H,10,12-15H2,1-2H3,(H,28,29)/t16-,17?/m1/s1. The normalized spacial score (nSPS) is 19.5. The van der Waals surface area contributed by atoms with E-state index in [2.05, 4.69) is 18.7 Å². The summed E-state index contributed by atoms with van der Waals surface area (Å²) in [6.07, 6.45) is 0.400.